The van der Waals surface area contributed by atoms with Crippen molar-refractivity contribution in [3.63, 3.8) is 0 Å². The van der Waals surface area contributed by atoms with Crippen molar-refractivity contribution in [2.24, 2.45) is 0 Å². The van der Waals surface area contributed by atoms with Gasteiger partial charge in [0.25, 0.3) is 0 Å². The predicted octanol–water partition coefficient (Wildman–Crippen LogP) is 3.62. The smallest absolute Gasteiger partial charge is 0.0534 e. The molecule has 0 fully saturated rings. The van der Waals surface area contributed by atoms with Gasteiger partial charge in [-0.2, -0.15) is 5.10 Å². The van der Waals surface area contributed by atoms with Crippen molar-refractivity contribution in [3.8, 4) is 0 Å². The Labute approximate surface area is 115 Å². The number of nitrogens with one attached hydrogen (secondary N) is 1. The van der Waals surface area contributed by atoms with Crippen LogP contribution in [0, 0.1) is 6.92 Å². The minimum Gasteiger partial charge on any atom is -0.306 e. The average Bonchev–Trinajstić information content (AvgIpc) is 2.86. The van der Waals surface area contributed by atoms with E-state index >= 15 is 0 Å². The van der Waals surface area contributed by atoms with Crippen molar-refractivity contribution in [2.75, 3.05) is 0 Å². The second-order valence-corrected chi connectivity index (χ2v) is 5.44. The van der Waals surface area contributed by atoms with Crippen LogP contribution in [0.2, 0.25) is 0 Å². The van der Waals surface area contributed by atoms with Crippen molar-refractivity contribution >= 4 is 0 Å². The van der Waals surface area contributed by atoms with Crippen molar-refractivity contribution in [1.82, 2.24) is 15.1 Å². The molecule has 1 aromatic heterocycles. The van der Waals surface area contributed by atoms with E-state index in [0.717, 1.165) is 6.54 Å². The van der Waals surface area contributed by atoms with Gasteiger partial charge in [-0.05, 0) is 33.3 Å². The van der Waals surface area contributed by atoms with E-state index in [1.807, 2.05) is 10.9 Å². The Morgan fingerprint density at radius 3 is 2.42 bits per heavy atom. The summed E-state index contributed by atoms with van der Waals surface area (Å²) in [7, 11) is 0. The Hall–Kier alpha value is -1.61. The Morgan fingerprint density at radius 2 is 1.84 bits per heavy atom. The van der Waals surface area contributed by atoms with Crippen LogP contribution in [0.25, 0.3) is 0 Å². The molecule has 19 heavy (non-hydrogen) atoms. The van der Waals surface area contributed by atoms with Crippen LogP contribution in [0.4, 0.5) is 0 Å². The van der Waals surface area contributed by atoms with Gasteiger partial charge in [-0.25, -0.2) is 0 Å². The predicted molar refractivity (Wildman–Crippen MR) is 79.0 cm³/mol. The summed E-state index contributed by atoms with van der Waals surface area (Å²) in [6.45, 7) is 9.43. The quantitative estimate of drug-likeness (QED) is 0.886. The molecule has 0 aliphatic rings. The number of nitrogens with zero attached hydrogens (tertiary/aromatic N) is 2. The molecule has 0 unspecified atom stereocenters. The molecule has 0 saturated carbocycles. The van der Waals surface area contributed by atoms with Gasteiger partial charge in [0, 0.05) is 30.4 Å². The van der Waals surface area contributed by atoms with Gasteiger partial charge in [0.2, 0.25) is 0 Å². The topological polar surface area (TPSA) is 29.9 Å². The molecular weight excluding hydrogens is 234 g/mol. The van der Waals surface area contributed by atoms with Crippen molar-refractivity contribution in [1.29, 1.82) is 0 Å². The first-order chi connectivity index (χ1) is 9.06. The second kappa shape index (κ2) is 6.02. The average molecular weight is 257 g/mol. The van der Waals surface area contributed by atoms with E-state index in [1.165, 1.54) is 16.7 Å². The molecule has 3 heteroatoms. The lowest BCUT2D eigenvalue weighted by Crippen LogP contribution is -2.17. The molecular formula is C16H23N3. The van der Waals surface area contributed by atoms with Gasteiger partial charge >= 0.3 is 0 Å². The molecule has 0 bridgehead atoms. The van der Waals surface area contributed by atoms with E-state index in [1.54, 1.807) is 0 Å². The normalized spacial score (nSPS) is 12.9. The van der Waals surface area contributed by atoms with Crippen LogP contribution in [-0.4, -0.2) is 9.78 Å². The summed E-state index contributed by atoms with van der Waals surface area (Å²) < 4.78 is 1.99. The minimum atomic E-state index is 0.350. The summed E-state index contributed by atoms with van der Waals surface area (Å²) in [6.07, 6.45) is 4.05. The Bertz CT molecular complexity index is 511. The third-order valence-corrected chi connectivity index (χ3v) is 3.37. The van der Waals surface area contributed by atoms with Gasteiger partial charge in [0.05, 0.1) is 6.20 Å². The summed E-state index contributed by atoms with van der Waals surface area (Å²) in [5.74, 6) is 0. The fourth-order valence-corrected chi connectivity index (χ4v) is 2.00. The highest BCUT2D eigenvalue weighted by Crippen LogP contribution is 2.14. The van der Waals surface area contributed by atoms with Gasteiger partial charge in [-0.15, -0.1) is 0 Å². The zero-order valence-corrected chi connectivity index (χ0v) is 12.2. The molecule has 3 nitrogen and oxygen atoms in total. The lowest BCUT2D eigenvalue weighted by atomic mass is 10.1. The zero-order valence-electron chi connectivity index (χ0n) is 12.2. The molecule has 0 aliphatic heterocycles. The van der Waals surface area contributed by atoms with E-state index in [9.17, 15) is 0 Å². The van der Waals surface area contributed by atoms with Crippen LogP contribution in [-0.2, 0) is 6.54 Å². The van der Waals surface area contributed by atoms with Crippen LogP contribution < -0.4 is 5.32 Å². The SMILES string of the molecule is Cc1ccc([C@H](C)NCc2cnn(C(C)C)c2)cc1. The van der Waals surface area contributed by atoms with Gasteiger partial charge in [0.15, 0.2) is 0 Å². The molecule has 0 saturated heterocycles. The molecule has 0 amide bonds. The molecule has 2 rings (SSSR count). The van der Waals surface area contributed by atoms with Crippen LogP contribution in [0.5, 0.6) is 0 Å². The highest BCUT2D eigenvalue weighted by Gasteiger charge is 2.06. The van der Waals surface area contributed by atoms with Crippen molar-refractivity contribution in [3.05, 3.63) is 53.3 Å². The first-order valence-corrected chi connectivity index (χ1v) is 6.89. The minimum absolute atomic E-state index is 0.350. The largest absolute Gasteiger partial charge is 0.306 e. The van der Waals surface area contributed by atoms with Crippen LogP contribution in [0.3, 0.4) is 0 Å². The van der Waals surface area contributed by atoms with E-state index in [0.29, 0.717) is 12.1 Å². The molecule has 1 aromatic carbocycles. The maximum Gasteiger partial charge on any atom is 0.0534 e. The fourth-order valence-electron chi connectivity index (χ4n) is 2.00. The molecule has 1 heterocycles. The summed E-state index contributed by atoms with van der Waals surface area (Å²) in [5, 5.41) is 7.89. The van der Waals surface area contributed by atoms with E-state index in [2.05, 4.69) is 68.6 Å². The lowest BCUT2D eigenvalue weighted by molar-refractivity contribution is 0.530. The van der Waals surface area contributed by atoms with Crippen LogP contribution in [0.15, 0.2) is 36.7 Å². The van der Waals surface area contributed by atoms with Gasteiger partial charge in [-0.1, -0.05) is 29.8 Å². The third-order valence-electron chi connectivity index (χ3n) is 3.37. The number of aromatic nitrogens is 2. The molecule has 102 valence electrons. The van der Waals surface area contributed by atoms with E-state index in [-0.39, 0.29) is 0 Å². The first-order valence-electron chi connectivity index (χ1n) is 6.89. The van der Waals surface area contributed by atoms with Gasteiger partial charge < -0.3 is 5.32 Å². The second-order valence-electron chi connectivity index (χ2n) is 5.44. The Kier molecular flexibility index (Phi) is 4.38. The molecule has 1 atom stereocenters. The molecule has 0 aliphatic carbocycles. The molecule has 0 spiro atoms. The lowest BCUT2D eigenvalue weighted by Gasteiger charge is -2.13. The van der Waals surface area contributed by atoms with Crippen LogP contribution in [0.1, 0.15) is 49.5 Å². The number of benzene rings is 1. The van der Waals surface area contributed by atoms with Gasteiger partial charge in [0.1, 0.15) is 0 Å². The maximum absolute atomic E-state index is 4.35. The Balaban J connectivity index is 1.92. The number of hydrogen-bond acceptors (Lipinski definition) is 2. The molecule has 1 N–H and O–H groups in total. The first kappa shape index (κ1) is 13.8. The summed E-state index contributed by atoms with van der Waals surface area (Å²) in [4.78, 5) is 0. The summed E-state index contributed by atoms with van der Waals surface area (Å²) in [6, 6.07) is 9.45. The van der Waals surface area contributed by atoms with E-state index < -0.39 is 0 Å². The molecule has 2 aromatic rings. The van der Waals surface area contributed by atoms with Crippen molar-refractivity contribution in [2.45, 2.75) is 46.3 Å². The zero-order chi connectivity index (χ0) is 13.8. The standard InChI is InChI=1S/C16H23N3/c1-12(2)19-11-15(10-18-19)9-17-14(4)16-7-5-13(3)6-8-16/h5-8,10-12,14,17H,9H2,1-4H3/t14-/m0/s1. The number of hydrogen-bond donors (Lipinski definition) is 1. The Morgan fingerprint density at radius 1 is 1.16 bits per heavy atom. The van der Waals surface area contributed by atoms with E-state index in [4.69, 9.17) is 0 Å². The monoisotopic (exact) mass is 257 g/mol. The third kappa shape index (κ3) is 3.67. The highest BCUT2D eigenvalue weighted by atomic mass is 15.3. The van der Waals surface area contributed by atoms with Gasteiger partial charge in [-0.3, -0.25) is 4.68 Å². The number of rotatable bonds is 5. The summed E-state index contributed by atoms with van der Waals surface area (Å²) >= 11 is 0. The fraction of sp³-hybridized carbons (Fsp3) is 0.438. The molecule has 0 radical (unpaired) electrons. The number of aryl methyl sites for hydroxylation is 1. The highest BCUT2D eigenvalue weighted by molar-refractivity contribution is 5.23. The van der Waals surface area contributed by atoms with Crippen molar-refractivity contribution < 1.29 is 0 Å². The van der Waals surface area contributed by atoms with Crippen LogP contribution >= 0.6 is 0 Å². The maximum atomic E-state index is 4.35. The summed E-state index contributed by atoms with van der Waals surface area (Å²) in [5.41, 5.74) is 3.85.